The molecule has 3 atom stereocenters. The first kappa shape index (κ1) is 13.5. The number of carbonyl (C=O) groups is 1. The van der Waals surface area contributed by atoms with Crippen LogP contribution < -0.4 is 0 Å². The number of hydrogen-bond donors (Lipinski definition) is 1. The molecule has 1 fully saturated rings. The van der Waals surface area contributed by atoms with Gasteiger partial charge in [-0.15, -0.1) is 0 Å². The van der Waals surface area contributed by atoms with E-state index < -0.39 is 17.6 Å². The van der Waals surface area contributed by atoms with Crippen molar-refractivity contribution in [1.29, 1.82) is 0 Å². The highest BCUT2D eigenvalue weighted by Gasteiger charge is 2.34. The molecule has 0 bridgehead atoms. The lowest BCUT2D eigenvalue weighted by Gasteiger charge is -2.26. The third kappa shape index (κ3) is 3.76. The number of esters is 1. The standard InChI is InChI=1S/C12H22O4/c1-8(11(14)16-12(2,3)4)10(13)9-6-5-7-15-9/h8-10,13H,5-7H2,1-4H3. The van der Waals surface area contributed by atoms with Crippen LogP contribution in [0.5, 0.6) is 0 Å². The smallest absolute Gasteiger partial charge is 0.311 e. The Balaban J connectivity index is 2.49. The van der Waals surface area contributed by atoms with E-state index in [-0.39, 0.29) is 12.1 Å². The van der Waals surface area contributed by atoms with Crippen molar-refractivity contribution >= 4 is 5.97 Å². The van der Waals surface area contributed by atoms with Gasteiger partial charge in [-0.3, -0.25) is 4.79 Å². The summed E-state index contributed by atoms with van der Waals surface area (Å²) in [5, 5.41) is 9.96. The molecule has 94 valence electrons. The van der Waals surface area contributed by atoms with Gasteiger partial charge in [-0.1, -0.05) is 0 Å². The normalized spacial score (nSPS) is 25.2. The molecule has 3 unspecified atom stereocenters. The van der Waals surface area contributed by atoms with Gasteiger partial charge < -0.3 is 14.6 Å². The molecule has 0 aromatic carbocycles. The number of carbonyl (C=O) groups excluding carboxylic acids is 1. The first-order chi connectivity index (χ1) is 7.31. The van der Waals surface area contributed by atoms with E-state index in [9.17, 15) is 9.90 Å². The van der Waals surface area contributed by atoms with E-state index in [1.807, 2.05) is 20.8 Å². The van der Waals surface area contributed by atoms with Gasteiger partial charge in [0, 0.05) is 6.61 Å². The van der Waals surface area contributed by atoms with Crippen molar-refractivity contribution in [3.8, 4) is 0 Å². The Bertz CT molecular complexity index is 238. The molecule has 16 heavy (non-hydrogen) atoms. The Morgan fingerprint density at radius 2 is 2.12 bits per heavy atom. The van der Waals surface area contributed by atoms with Gasteiger partial charge in [0.25, 0.3) is 0 Å². The highest BCUT2D eigenvalue weighted by Crippen LogP contribution is 2.22. The van der Waals surface area contributed by atoms with Crippen molar-refractivity contribution in [2.75, 3.05) is 6.61 Å². The second-order valence-corrected chi connectivity index (χ2v) is 5.36. The maximum atomic E-state index is 11.7. The van der Waals surface area contributed by atoms with Gasteiger partial charge in [0.2, 0.25) is 0 Å². The van der Waals surface area contributed by atoms with Crippen molar-refractivity contribution in [3.05, 3.63) is 0 Å². The fourth-order valence-corrected chi connectivity index (χ4v) is 1.73. The first-order valence-electron chi connectivity index (χ1n) is 5.84. The lowest BCUT2D eigenvalue weighted by Crippen LogP contribution is -2.39. The van der Waals surface area contributed by atoms with Crippen LogP contribution >= 0.6 is 0 Å². The largest absolute Gasteiger partial charge is 0.460 e. The van der Waals surface area contributed by atoms with E-state index in [0.29, 0.717) is 6.61 Å². The summed E-state index contributed by atoms with van der Waals surface area (Å²) in [6.07, 6.45) is 0.775. The molecule has 1 heterocycles. The van der Waals surface area contributed by atoms with Crippen LogP contribution in [0.3, 0.4) is 0 Å². The third-order valence-corrected chi connectivity index (χ3v) is 2.64. The summed E-state index contributed by atoms with van der Waals surface area (Å²) in [6.45, 7) is 7.80. The predicted octanol–water partition coefficient (Wildman–Crippen LogP) is 1.50. The van der Waals surface area contributed by atoms with Crippen LogP contribution in [0.2, 0.25) is 0 Å². The number of hydrogen-bond acceptors (Lipinski definition) is 4. The first-order valence-corrected chi connectivity index (χ1v) is 5.84. The molecule has 0 aromatic rings. The SMILES string of the molecule is CC(C(=O)OC(C)(C)C)C(O)C1CCCO1. The van der Waals surface area contributed by atoms with Gasteiger partial charge in [-0.05, 0) is 40.5 Å². The zero-order chi connectivity index (χ0) is 12.3. The van der Waals surface area contributed by atoms with E-state index in [0.717, 1.165) is 12.8 Å². The van der Waals surface area contributed by atoms with Crippen LogP contribution in [0.25, 0.3) is 0 Å². The van der Waals surface area contributed by atoms with Crippen LogP contribution in [0.4, 0.5) is 0 Å². The quantitative estimate of drug-likeness (QED) is 0.747. The van der Waals surface area contributed by atoms with Crippen LogP contribution in [-0.4, -0.2) is 35.5 Å². The predicted molar refractivity (Wildman–Crippen MR) is 60.0 cm³/mol. The number of aliphatic hydroxyl groups excluding tert-OH is 1. The topological polar surface area (TPSA) is 55.8 Å². The van der Waals surface area contributed by atoms with E-state index in [4.69, 9.17) is 9.47 Å². The van der Waals surface area contributed by atoms with Gasteiger partial charge in [-0.25, -0.2) is 0 Å². The van der Waals surface area contributed by atoms with Crippen LogP contribution in [0.15, 0.2) is 0 Å². The lowest BCUT2D eigenvalue weighted by molar-refractivity contribution is -0.166. The summed E-state index contributed by atoms with van der Waals surface area (Å²) in [5.74, 6) is -0.905. The molecule has 1 aliphatic rings. The molecule has 0 spiro atoms. The van der Waals surface area contributed by atoms with Crippen molar-refractivity contribution in [2.24, 2.45) is 5.92 Å². The van der Waals surface area contributed by atoms with Gasteiger partial charge in [0.1, 0.15) is 5.60 Å². The zero-order valence-electron chi connectivity index (χ0n) is 10.5. The maximum Gasteiger partial charge on any atom is 0.311 e. The molecule has 4 nitrogen and oxygen atoms in total. The molecule has 0 radical (unpaired) electrons. The summed E-state index contributed by atoms with van der Waals surface area (Å²) in [5.41, 5.74) is -0.512. The molecule has 0 aliphatic carbocycles. The van der Waals surface area contributed by atoms with E-state index in [1.54, 1.807) is 6.92 Å². The minimum absolute atomic E-state index is 0.220. The average Bonchev–Trinajstić information content (AvgIpc) is 2.65. The molecular weight excluding hydrogens is 208 g/mol. The summed E-state index contributed by atoms with van der Waals surface area (Å²) < 4.78 is 10.6. The van der Waals surface area contributed by atoms with Gasteiger partial charge >= 0.3 is 5.97 Å². The van der Waals surface area contributed by atoms with E-state index >= 15 is 0 Å². The molecule has 0 aromatic heterocycles. The molecule has 0 amide bonds. The summed E-state index contributed by atoms with van der Waals surface area (Å²) in [6, 6.07) is 0. The summed E-state index contributed by atoms with van der Waals surface area (Å²) in [4.78, 5) is 11.7. The second-order valence-electron chi connectivity index (χ2n) is 5.36. The minimum Gasteiger partial charge on any atom is -0.460 e. The Morgan fingerprint density at radius 1 is 1.50 bits per heavy atom. The molecular formula is C12H22O4. The second kappa shape index (κ2) is 5.15. The maximum absolute atomic E-state index is 11.7. The molecule has 1 aliphatic heterocycles. The summed E-state index contributed by atoms with van der Waals surface area (Å²) in [7, 11) is 0. The van der Waals surface area contributed by atoms with Crippen LogP contribution in [0, 0.1) is 5.92 Å². The molecule has 0 saturated carbocycles. The van der Waals surface area contributed by atoms with E-state index in [2.05, 4.69) is 0 Å². The Morgan fingerprint density at radius 3 is 2.56 bits per heavy atom. The lowest BCUT2D eigenvalue weighted by atomic mass is 9.98. The summed E-state index contributed by atoms with van der Waals surface area (Å²) >= 11 is 0. The fourth-order valence-electron chi connectivity index (χ4n) is 1.73. The molecule has 1 rings (SSSR count). The monoisotopic (exact) mass is 230 g/mol. The molecule has 4 heteroatoms. The number of aliphatic hydroxyl groups is 1. The Labute approximate surface area is 96.9 Å². The fraction of sp³-hybridized carbons (Fsp3) is 0.917. The zero-order valence-corrected chi connectivity index (χ0v) is 10.5. The van der Waals surface area contributed by atoms with Gasteiger partial charge in [0.05, 0.1) is 18.1 Å². The average molecular weight is 230 g/mol. The van der Waals surface area contributed by atoms with Crippen LogP contribution in [-0.2, 0) is 14.3 Å². The van der Waals surface area contributed by atoms with Crippen molar-refractivity contribution in [3.63, 3.8) is 0 Å². The Hall–Kier alpha value is -0.610. The van der Waals surface area contributed by atoms with Crippen molar-refractivity contribution < 1.29 is 19.4 Å². The minimum atomic E-state index is -0.766. The molecule has 1 N–H and O–H groups in total. The van der Waals surface area contributed by atoms with Crippen molar-refractivity contribution in [2.45, 2.75) is 58.3 Å². The van der Waals surface area contributed by atoms with Crippen LogP contribution in [0.1, 0.15) is 40.5 Å². The van der Waals surface area contributed by atoms with Crippen molar-refractivity contribution in [1.82, 2.24) is 0 Å². The van der Waals surface area contributed by atoms with Gasteiger partial charge in [0.15, 0.2) is 0 Å². The number of rotatable bonds is 3. The number of ether oxygens (including phenoxy) is 2. The molecule has 1 saturated heterocycles. The third-order valence-electron chi connectivity index (χ3n) is 2.64. The highest BCUT2D eigenvalue weighted by molar-refractivity contribution is 5.73. The Kier molecular flexibility index (Phi) is 4.33. The van der Waals surface area contributed by atoms with Gasteiger partial charge in [-0.2, -0.15) is 0 Å². The van der Waals surface area contributed by atoms with E-state index in [1.165, 1.54) is 0 Å². The highest BCUT2D eigenvalue weighted by atomic mass is 16.6.